The van der Waals surface area contributed by atoms with Crippen molar-refractivity contribution in [3.63, 3.8) is 0 Å². The third-order valence-corrected chi connectivity index (χ3v) is 2.22. The van der Waals surface area contributed by atoms with Crippen LogP contribution >= 0.6 is 0 Å². The number of rotatable bonds is 1. The first-order valence-electron chi connectivity index (χ1n) is 5.49. The molecule has 1 rings (SSSR count). The molecule has 0 aromatic rings. The van der Waals surface area contributed by atoms with Crippen molar-refractivity contribution >= 4 is 0 Å². The van der Waals surface area contributed by atoms with E-state index in [1.54, 1.807) is 0 Å². The van der Waals surface area contributed by atoms with Crippen LogP contribution in [0.3, 0.4) is 0 Å². The topological polar surface area (TPSA) is 21.3 Å². The highest BCUT2D eigenvalue weighted by Crippen LogP contribution is 2.22. The number of hydrogen-bond donors (Lipinski definition) is 1. The van der Waals surface area contributed by atoms with Crippen molar-refractivity contribution < 1.29 is 4.74 Å². The van der Waals surface area contributed by atoms with Crippen molar-refractivity contribution in [2.24, 2.45) is 5.41 Å². The molecule has 0 amide bonds. The molecular formula is C11H25NO. The van der Waals surface area contributed by atoms with E-state index >= 15 is 0 Å². The molecular weight excluding hydrogens is 162 g/mol. The Hall–Kier alpha value is -0.0800. The molecule has 0 aromatic heterocycles. The second-order valence-corrected chi connectivity index (χ2v) is 4.08. The molecule has 1 saturated heterocycles. The maximum absolute atomic E-state index is 5.66. The smallest absolute Gasteiger partial charge is 0.107 e. The molecule has 1 aliphatic rings. The van der Waals surface area contributed by atoms with Crippen molar-refractivity contribution in [2.45, 2.75) is 53.7 Å². The van der Waals surface area contributed by atoms with Gasteiger partial charge in [-0.1, -0.05) is 34.6 Å². The Morgan fingerprint density at radius 3 is 2.54 bits per heavy atom. The van der Waals surface area contributed by atoms with E-state index in [0.29, 0.717) is 5.41 Å². The summed E-state index contributed by atoms with van der Waals surface area (Å²) in [7, 11) is 0. The van der Waals surface area contributed by atoms with Crippen molar-refractivity contribution in [3.05, 3.63) is 0 Å². The maximum Gasteiger partial charge on any atom is 0.107 e. The van der Waals surface area contributed by atoms with Gasteiger partial charge in [-0.25, -0.2) is 0 Å². The molecule has 13 heavy (non-hydrogen) atoms. The lowest BCUT2D eigenvalue weighted by molar-refractivity contribution is 0.00505. The quantitative estimate of drug-likeness (QED) is 0.681. The molecule has 2 nitrogen and oxygen atoms in total. The summed E-state index contributed by atoms with van der Waals surface area (Å²) in [6.07, 6.45) is 2.57. The van der Waals surface area contributed by atoms with Gasteiger partial charge in [-0.15, -0.1) is 0 Å². The Bertz CT molecular complexity index is 123. The van der Waals surface area contributed by atoms with Gasteiger partial charge in [0, 0.05) is 0 Å². The van der Waals surface area contributed by atoms with E-state index in [1.165, 1.54) is 6.42 Å². The van der Waals surface area contributed by atoms with Crippen LogP contribution in [0.4, 0.5) is 0 Å². The summed E-state index contributed by atoms with van der Waals surface area (Å²) < 4.78 is 5.66. The molecule has 0 bridgehead atoms. The van der Waals surface area contributed by atoms with Crippen LogP contribution in [0.5, 0.6) is 0 Å². The van der Waals surface area contributed by atoms with E-state index in [2.05, 4.69) is 26.1 Å². The van der Waals surface area contributed by atoms with Gasteiger partial charge in [0.2, 0.25) is 0 Å². The van der Waals surface area contributed by atoms with E-state index in [9.17, 15) is 0 Å². The fourth-order valence-corrected chi connectivity index (χ4v) is 1.29. The summed E-state index contributed by atoms with van der Waals surface area (Å²) in [6.45, 7) is 12.6. The Balaban J connectivity index is 0.000000671. The molecule has 1 heterocycles. The zero-order valence-corrected chi connectivity index (χ0v) is 9.81. The highest BCUT2D eigenvalue weighted by Gasteiger charge is 2.23. The third-order valence-electron chi connectivity index (χ3n) is 2.22. The highest BCUT2D eigenvalue weighted by molar-refractivity contribution is 4.73. The van der Waals surface area contributed by atoms with Crippen LogP contribution in [0.1, 0.15) is 47.5 Å². The van der Waals surface area contributed by atoms with Gasteiger partial charge < -0.3 is 4.74 Å². The van der Waals surface area contributed by atoms with Crippen molar-refractivity contribution in [2.75, 3.05) is 13.2 Å². The van der Waals surface area contributed by atoms with Gasteiger partial charge in [-0.3, -0.25) is 5.32 Å². The van der Waals surface area contributed by atoms with Gasteiger partial charge in [-0.2, -0.15) is 0 Å². The molecule has 80 valence electrons. The van der Waals surface area contributed by atoms with Crippen LogP contribution in [-0.4, -0.2) is 19.4 Å². The molecule has 0 radical (unpaired) electrons. The average molecular weight is 187 g/mol. The number of ether oxygens (including phenoxy) is 1. The first-order chi connectivity index (χ1) is 6.14. The summed E-state index contributed by atoms with van der Waals surface area (Å²) >= 11 is 0. The standard InChI is InChI=1S/C9H19NO.C2H6/c1-4-8-10-6-5-9(2,3)7-11-8;1-2/h8,10H,4-7H2,1-3H3;1-2H3. The lowest BCUT2D eigenvalue weighted by atomic mass is 9.91. The molecule has 1 N–H and O–H groups in total. The molecule has 1 unspecified atom stereocenters. The zero-order chi connectivity index (χ0) is 10.3. The Labute approximate surface area is 83.1 Å². The van der Waals surface area contributed by atoms with Crippen LogP contribution in [0, 0.1) is 5.41 Å². The first kappa shape index (κ1) is 12.9. The van der Waals surface area contributed by atoms with Crippen LogP contribution in [0.2, 0.25) is 0 Å². The lowest BCUT2D eigenvalue weighted by Crippen LogP contribution is -2.29. The Morgan fingerprint density at radius 1 is 1.38 bits per heavy atom. The van der Waals surface area contributed by atoms with Crippen LogP contribution in [0.15, 0.2) is 0 Å². The van der Waals surface area contributed by atoms with Crippen LogP contribution in [-0.2, 0) is 4.74 Å². The van der Waals surface area contributed by atoms with Gasteiger partial charge >= 0.3 is 0 Å². The minimum Gasteiger partial charge on any atom is -0.363 e. The van der Waals surface area contributed by atoms with Gasteiger partial charge in [0.15, 0.2) is 0 Å². The molecule has 1 atom stereocenters. The lowest BCUT2D eigenvalue weighted by Gasteiger charge is -2.21. The van der Waals surface area contributed by atoms with E-state index in [-0.39, 0.29) is 6.23 Å². The fraction of sp³-hybridized carbons (Fsp3) is 1.00. The minimum atomic E-state index is 0.289. The molecule has 0 saturated carbocycles. The fourth-order valence-electron chi connectivity index (χ4n) is 1.29. The molecule has 2 heteroatoms. The van der Waals surface area contributed by atoms with Gasteiger partial charge in [-0.05, 0) is 24.8 Å². The Morgan fingerprint density at radius 2 is 2.00 bits per heavy atom. The van der Waals surface area contributed by atoms with E-state index in [0.717, 1.165) is 19.6 Å². The van der Waals surface area contributed by atoms with E-state index in [4.69, 9.17) is 4.74 Å². The maximum atomic E-state index is 5.66. The second-order valence-electron chi connectivity index (χ2n) is 4.08. The molecule has 0 aliphatic carbocycles. The summed E-state index contributed by atoms with van der Waals surface area (Å²) in [4.78, 5) is 0. The van der Waals surface area contributed by atoms with E-state index < -0.39 is 0 Å². The predicted octanol–water partition coefficient (Wildman–Crippen LogP) is 2.78. The van der Waals surface area contributed by atoms with Gasteiger partial charge in [0.25, 0.3) is 0 Å². The van der Waals surface area contributed by atoms with Crippen molar-refractivity contribution in [1.82, 2.24) is 5.32 Å². The molecule has 0 aromatic carbocycles. The SMILES string of the molecule is CC.CCC1NCCC(C)(C)CO1. The van der Waals surface area contributed by atoms with Crippen LogP contribution < -0.4 is 5.32 Å². The largest absolute Gasteiger partial charge is 0.363 e. The van der Waals surface area contributed by atoms with Crippen molar-refractivity contribution in [1.29, 1.82) is 0 Å². The van der Waals surface area contributed by atoms with Gasteiger partial charge in [0.1, 0.15) is 6.23 Å². The number of hydrogen-bond acceptors (Lipinski definition) is 2. The Kier molecular flexibility index (Phi) is 6.35. The molecule has 1 fully saturated rings. The molecule has 0 spiro atoms. The predicted molar refractivity (Wildman–Crippen MR) is 57.8 cm³/mol. The summed E-state index contributed by atoms with van der Waals surface area (Å²) in [5, 5.41) is 3.36. The molecule has 1 aliphatic heterocycles. The second kappa shape index (κ2) is 6.39. The third kappa shape index (κ3) is 5.27. The average Bonchev–Trinajstić information content (AvgIpc) is 2.30. The van der Waals surface area contributed by atoms with Crippen molar-refractivity contribution in [3.8, 4) is 0 Å². The summed E-state index contributed by atoms with van der Waals surface area (Å²) in [6, 6.07) is 0. The minimum absolute atomic E-state index is 0.289. The number of nitrogens with one attached hydrogen (secondary N) is 1. The first-order valence-corrected chi connectivity index (χ1v) is 5.49. The highest BCUT2D eigenvalue weighted by atomic mass is 16.5. The van der Waals surface area contributed by atoms with Crippen LogP contribution in [0.25, 0.3) is 0 Å². The van der Waals surface area contributed by atoms with Gasteiger partial charge in [0.05, 0.1) is 6.61 Å². The monoisotopic (exact) mass is 187 g/mol. The summed E-state index contributed by atoms with van der Waals surface area (Å²) in [5.41, 5.74) is 0.358. The normalized spacial score (nSPS) is 27.0. The van der Waals surface area contributed by atoms with E-state index in [1.807, 2.05) is 13.8 Å². The zero-order valence-electron chi connectivity index (χ0n) is 9.81. The summed E-state index contributed by atoms with van der Waals surface area (Å²) in [5.74, 6) is 0.